The average molecular weight is 546 g/mol. The molecule has 0 aliphatic rings. The number of nitrogens with one attached hydrogen (secondary N) is 2. The molecular formula is C32H39N3O5. The highest BCUT2D eigenvalue weighted by molar-refractivity contribution is 5.92. The SMILES string of the molecule is Cc1ccc(C(C(=O)NCc2ccccc2)N(C)C(=O)C(Cc2ccc(O)cc2)NC(=O)OC(C)(C)C)cc1C. The Kier molecular flexibility index (Phi) is 9.93. The van der Waals surface area contributed by atoms with E-state index in [1.807, 2.05) is 62.4 Å². The predicted octanol–water partition coefficient (Wildman–Crippen LogP) is 4.96. The lowest BCUT2D eigenvalue weighted by Gasteiger charge is -2.32. The van der Waals surface area contributed by atoms with Crippen LogP contribution in [-0.2, 0) is 27.3 Å². The van der Waals surface area contributed by atoms with E-state index in [-0.39, 0.29) is 18.1 Å². The second kappa shape index (κ2) is 13.2. The molecular weight excluding hydrogens is 506 g/mol. The maximum absolute atomic E-state index is 14.0. The summed E-state index contributed by atoms with van der Waals surface area (Å²) >= 11 is 0. The van der Waals surface area contributed by atoms with Gasteiger partial charge in [0.2, 0.25) is 11.8 Å². The molecule has 0 aliphatic heterocycles. The van der Waals surface area contributed by atoms with Crippen LogP contribution >= 0.6 is 0 Å². The number of hydrogen-bond donors (Lipinski definition) is 3. The molecule has 3 amide bonds. The largest absolute Gasteiger partial charge is 0.508 e. The van der Waals surface area contributed by atoms with Crippen molar-refractivity contribution < 1.29 is 24.2 Å². The van der Waals surface area contributed by atoms with Crippen molar-refractivity contribution in [2.24, 2.45) is 0 Å². The molecule has 0 heterocycles. The molecule has 3 aromatic carbocycles. The zero-order valence-electron chi connectivity index (χ0n) is 24.0. The van der Waals surface area contributed by atoms with Gasteiger partial charge in [-0.1, -0.05) is 60.7 Å². The van der Waals surface area contributed by atoms with E-state index in [2.05, 4.69) is 10.6 Å². The zero-order chi connectivity index (χ0) is 29.4. The van der Waals surface area contributed by atoms with E-state index in [1.165, 1.54) is 17.0 Å². The van der Waals surface area contributed by atoms with Crippen molar-refractivity contribution in [3.63, 3.8) is 0 Å². The Balaban J connectivity index is 1.93. The number of aryl methyl sites for hydroxylation is 2. The van der Waals surface area contributed by atoms with Gasteiger partial charge in [-0.3, -0.25) is 9.59 Å². The van der Waals surface area contributed by atoms with Gasteiger partial charge in [0, 0.05) is 20.0 Å². The van der Waals surface area contributed by atoms with Gasteiger partial charge in [0.05, 0.1) is 0 Å². The number of benzene rings is 3. The standard InChI is InChI=1S/C32H39N3O5/c1-21-12-15-25(18-22(21)2)28(29(37)33-20-24-10-8-7-9-11-24)35(6)30(38)27(34-31(39)40-32(3,4)5)19-23-13-16-26(36)17-14-23/h7-18,27-28,36H,19-20H2,1-6H3,(H,33,37)(H,34,39). The minimum Gasteiger partial charge on any atom is -0.508 e. The van der Waals surface area contributed by atoms with E-state index >= 15 is 0 Å². The summed E-state index contributed by atoms with van der Waals surface area (Å²) in [5, 5.41) is 15.3. The summed E-state index contributed by atoms with van der Waals surface area (Å²) in [6.07, 6.45) is -0.608. The highest BCUT2D eigenvalue weighted by Crippen LogP contribution is 2.24. The smallest absolute Gasteiger partial charge is 0.408 e. The van der Waals surface area contributed by atoms with E-state index in [0.29, 0.717) is 12.1 Å². The number of phenolic OH excluding ortho intramolecular Hbond substituents is 1. The number of carbonyl (C=O) groups excluding carboxylic acids is 3. The van der Waals surface area contributed by atoms with Crippen molar-refractivity contribution in [2.45, 2.75) is 65.3 Å². The number of phenols is 1. The monoisotopic (exact) mass is 545 g/mol. The summed E-state index contributed by atoms with van der Waals surface area (Å²) < 4.78 is 5.42. The molecule has 3 N–H and O–H groups in total. The number of aromatic hydroxyl groups is 1. The molecule has 40 heavy (non-hydrogen) atoms. The highest BCUT2D eigenvalue weighted by Gasteiger charge is 2.34. The molecule has 0 aliphatic carbocycles. The van der Waals surface area contributed by atoms with Crippen LogP contribution in [0, 0.1) is 13.8 Å². The number of ether oxygens (including phenoxy) is 1. The third-order valence-electron chi connectivity index (χ3n) is 6.50. The Morgan fingerprint density at radius 1 is 0.900 bits per heavy atom. The molecule has 0 fully saturated rings. The quantitative estimate of drug-likeness (QED) is 0.352. The molecule has 212 valence electrons. The summed E-state index contributed by atoms with van der Waals surface area (Å²) in [5.41, 5.74) is 3.61. The van der Waals surface area contributed by atoms with Gasteiger partial charge in [0.1, 0.15) is 23.4 Å². The van der Waals surface area contributed by atoms with Crippen LogP contribution in [-0.4, -0.2) is 46.6 Å². The van der Waals surface area contributed by atoms with Crippen molar-refractivity contribution >= 4 is 17.9 Å². The van der Waals surface area contributed by atoms with E-state index in [0.717, 1.165) is 22.3 Å². The van der Waals surface area contributed by atoms with Gasteiger partial charge in [0.15, 0.2) is 0 Å². The average Bonchev–Trinajstić information content (AvgIpc) is 2.89. The van der Waals surface area contributed by atoms with Crippen molar-refractivity contribution in [1.82, 2.24) is 15.5 Å². The van der Waals surface area contributed by atoms with Crippen LogP contribution in [0.1, 0.15) is 54.6 Å². The molecule has 0 saturated carbocycles. The first kappa shape index (κ1) is 30.2. The van der Waals surface area contributed by atoms with Crippen LogP contribution in [0.3, 0.4) is 0 Å². The van der Waals surface area contributed by atoms with Gasteiger partial charge in [-0.25, -0.2) is 4.79 Å². The molecule has 0 spiro atoms. The Morgan fingerprint density at radius 3 is 2.15 bits per heavy atom. The number of rotatable bonds is 9. The number of nitrogens with zero attached hydrogens (tertiary/aromatic N) is 1. The third-order valence-corrected chi connectivity index (χ3v) is 6.50. The first-order valence-electron chi connectivity index (χ1n) is 13.3. The number of hydrogen-bond acceptors (Lipinski definition) is 5. The fraction of sp³-hybridized carbons (Fsp3) is 0.344. The lowest BCUT2D eigenvalue weighted by molar-refractivity contribution is -0.140. The van der Waals surface area contributed by atoms with Crippen LogP contribution in [0.2, 0.25) is 0 Å². The Bertz CT molecular complexity index is 1320. The maximum Gasteiger partial charge on any atom is 0.408 e. The number of alkyl carbamates (subject to hydrolysis) is 1. The van der Waals surface area contributed by atoms with Crippen molar-refractivity contribution in [3.8, 4) is 5.75 Å². The number of carbonyl (C=O) groups is 3. The van der Waals surface area contributed by atoms with Gasteiger partial charge in [-0.2, -0.15) is 0 Å². The molecule has 8 nitrogen and oxygen atoms in total. The molecule has 2 atom stereocenters. The van der Waals surface area contributed by atoms with Crippen LogP contribution in [0.4, 0.5) is 4.79 Å². The third kappa shape index (κ3) is 8.59. The summed E-state index contributed by atoms with van der Waals surface area (Å²) in [6.45, 7) is 9.46. The van der Waals surface area contributed by atoms with E-state index in [4.69, 9.17) is 4.74 Å². The van der Waals surface area contributed by atoms with Crippen molar-refractivity contribution in [3.05, 3.63) is 101 Å². The molecule has 0 radical (unpaired) electrons. The molecule has 0 bridgehead atoms. The normalized spacial score (nSPS) is 12.7. The van der Waals surface area contributed by atoms with Crippen LogP contribution in [0.15, 0.2) is 72.8 Å². The van der Waals surface area contributed by atoms with Gasteiger partial charge in [0.25, 0.3) is 0 Å². The highest BCUT2D eigenvalue weighted by atomic mass is 16.6. The van der Waals surface area contributed by atoms with Crippen LogP contribution < -0.4 is 10.6 Å². The second-order valence-electron chi connectivity index (χ2n) is 11.0. The summed E-state index contributed by atoms with van der Waals surface area (Å²) in [5.74, 6) is -0.714. The van der Waals surface area contributed by atoms with Crippen LogP contribution in [0.5, 0.6) is 5.75 Å². The fourth-order valence-corrected chi connectivity index (χ4v) is 4.26. The maximum atomic E-state index is 14.0. The van der Waals surface area contributed by atoms with Crippen LogP contribution in [0.25, 0.3) is 0 Å². The minimum absolute atomic E-state index is 0.0914. The van der Waals surface area contributed by atoms with Crippen molar-refractivity contribution in [1.29, 1.82) is 0 Å². The molecule has 8 heteroatoms. The predicted molar refractivity (Wildman–Crippen MR) is 155 cm³/mol. The topological polar surface area (TPSA) is 108 Å². The van der Waals surface area contributed by atoms with E-state index in [1.54, 1.807) is 40.0 Å². The molecule has 0 aromatic heterocycles. The van der Waals surface area contributed by atoms with Gasteiger partial charge in [-0.05, 0) is 74.6 Å². The molecule has 3 rings (SSSR count). The fourth-order valence-electron chi connectivity index (χ4n) is 4.26. The summed E-state index contributed by atoms with van der Waals surface area (Å²) in [7, 11) is 1.56. The first-order valence-corrected chi connectivity index (χ1v) is 13.3. The minimum atomic E-state index is -1.03. The lowest BCUT2D eigenvalue weighted by atomic mass is 9.98. The first-order chi connectivity index (χ1) is 18.8. The number of amides is 3. The van der Waals surface area contributed by atoms with Gasteiger partial charge >= 0.3 is 6.09 Å². The molecule has 2 unspecified atom stereocenters. The summed E-state index contributed by atoms with van der Waals surface area (Å²) in [6, 6.07) is 19.6. The lowest BCUT2D eigenvalue weighted by Crippen LogP contribution is -2.52. The van der Waals surface area contributed by atoms with Crippen molar-refractivity contribution in [2.75, 3.05) is 7.05 Å². The van der Waals surface area contributed by atoms with E-state index < -0.39 is 29.7 Å². The van der Waals surface area contributed by atoms with E-state index in [9.17, 15) is 19.5 Å². The summed E-state index contributed by atoms with van der Waals surface area (Å²) in [4.78, 5) is 41.7. The zero-order valence-corrected chi connectivity index (χ0v) is 24.0. The number of likely N-dealkylation sites (N-methyl/N-ethyl adjacent to an activating group) is 1. The second-order valence-corrected chi connectivity index (χ2v) is 11.0. The Labute approximate surface area is 236 Å². The molecule has 3 aromatic rings. The Hall–Kier alpha value is -4.33. The molecule has 0 saturated heterocycles. The van der Waals surface area contributed by atoms with Gasteiger partial charge in [-0.15, -0.1) is 0 Å². The Morgan fingerprint density at radius 2 is 1.55 bits per heavy atom. The van der Waals surface area contributed by atoms with Gasteiger partial charge < -0.3 is 25.4 Å².